The van der Waals surface area contributed by atoms with E-state index in [2.05, 4.69) is 21.1 Å². The molecule has 0 N–H and O–H groups in total. The molecule has 1 aliphatic rings. The van der Waals surface area contributed by atoms with Gasteiger partial charge in [-0.25, -0.2) is 9.78 Å². The molecule has 1 amide bonds. The molecule has 3 heterocycles. The van der Waals surface area contributed by atoms with Gasteiger partial charge >= 0.3 is 6.09 Å². The summed E-state index contributed by atoms with van der Waals surface area (Å²) in [7, 11) is 0. The molecule has 0 bridgehead atoms. The summed E-state index contributed by atoms with van der Waals surface area (Å²) in [6.45, 7) is 8.66. The first-order valence-corrected chi connectivity index (χ1v) is 7.47. The van der Waals surface area contributed by atoms with Crippen LogP contribution >= 0.6 is 0 Å². The van der Waals surface area contributed by atoms with Crippen LogP contribution in [0.25, 0.3) is 11.0 Å². The van der Waals surface area contributed by atoms with Crippen molar-refractivity contribution >= 4 is 17.1 Å². The molecule has 22 heavy (non-hydrogen) atoms. The van der Waals surface area contributed by atoms with Crippen molar-refractivity contribution in [1.29, 1.82) is 0 Å². The number of imidazole rings is 1. The number of hydrogen-bond donors (Lipinski definition) is 0. The zero-order chi connectivity index (χ0) is 15.7. The summed E-state index contributed by atoms with van der Waals surface area (Å²) in [4.78, 5) is 22.3. The molecule has 0 aliphatic carbocycles. The molecule has 1 saturated heterocycles. The summed E-state index contributed by atoms with van der Waals surface area (Å²) in [5.74, 6) is 1.42. The first-order chi connectivity index (χ1) is 10.6. The fourth-order valence-electron chi connectivity index (χ4n) is 3.05. The zero-order valence-corrected chi connectivity index (χ0v) is 13.0. The third kappa shape index (κ3) is 2.68. The second-order valence-electron chi connectivity index (χ2n) is 5.68. The lowest BCUT2D eigenvalue weighted by molar-refractivity contribution is 0.112. The standard InChI is InChI=1S/C16H20N4O2/c1-11(2)22-16(21)19-8-5-13(6-9-19)20-12(3)18-14-10-17-7-4-15(14)20/h4,7,10,13H,1,5-6,8-9H2,2-3H3. The summed E-state index contributed by atoms with van der Waals surface area (Å²) in [5.41, 5.74) is 2.03. The number of amides is 1. The first kappa shape index (κ1) is 14.6. The molecule has 2 aromatic heterocycles. The van der Waals surface area contributed by atoms with E-state index < -0.39 is 0 Å². The van der Waals surface area contributed by atoms with E-state index >= 15 is 0 Å². The molecule has 6 heteroatoms. The molecule has 0 saturated carbocycles. The van der Waals surface area contributed by atoms with Crippen molar-refractivity contribution in [2.75, 3.05) is 13.1 Å². The highest BCUT2D eigenvalue weighted by molar-refractivity contribution is 5.75. The van der Waals surface area contributed by atoms with Crippen LogP contribution in [0.2, 0.25) is 0 Å². The Balaban J connectivity index is 1.74. The van der Waals surface area contributed by atoms with E-state index in [-0.39, 0.29) is 6.09 Å². The van der Waals surface area contributed by atoms with Gasteiger partial charge in [0.1, 0.15) is 11.3 Å². The SMILES string of the molecule is C=C(C)OC(=O)N1CCC(n2c(C)nc3cnccc32)CC1. The number of aromatic nitrogens is 3. The number of pyridine rings is 1. The molecule has 0 atom stereocenters. The van der Waals surface area contributed by atoms with Crippen molar-refractivity contribution in [2.45, 2.75) is 32.7 Å². The smallest absolute Gasteiger partial charge is 0.414 e. The quantitative estimate of drug-likeness (QED) is 0.800. The molecule has 1 aliphatic heterocycles. The molecule has 0 spiro atoms. The number of nitrogens with zero attached hydrogens (tertiary/aromatic N) is 4. The van der Waals surface area contributed by atoms with Gasteiger partial charge < -0.3 is 14.2 Å². The van der Waals surface area contributed by atoms with Crippen LogP contribution in [0.3, 0.4) is 0 Å². The molecular formula is C16H20N4O2. The van der Waals surface area contributed by atoms with E-state index in [4.69, 9.17) is 4.74 Å². The van der Waals surface area contributed by atoms with Gasteiger partial charge in [0, 0.05) is 25.3 Å². The van der Waals surface area contributed by atoms with Crippen molar-refractivity contribution < 1.29 is 9.53 Å². The van der Waals surface area contributed by atoms with Crippen LogP contribution in [-0.2, 0) is 4.74 Å². The van der Waals surface area contributed by atoms with Gasteiger partial charge in [-0.2, -0.15) is 0 Å². The van der Waals surface area contributed by atoms with E-state index in [1.54, 1.807) is 24.2 Å². The van der Waals surface area contributed by atoms with E-state index in [0.29, 0.717) is 24.9 Å². The maximum atomic E-state index is 11.9. The molecular weight excluding hydrogens is 280 g/mol. The molecule has 0 aromatic carbocycles. The molecule has 3 rings (SSSR count). The number of ether oxygens (including phenoxy) is 1. The Labute approximate surface area is 129 Å². The number of hydrogen-bond acceptors (Lipinski definition) is 4. The van der Waals surface area contributed by atoms with Gasteiger partial charge in [-0.3, -0.25) is 4.98 Å². The Morgan fingerprint density at radius 2 is 2.14 bits per heavy atom. The highest BCUT2D eigenvalue weighted by atomic mass is 16.6. The summed E-state index contributed by atoms with van der Waals surface area (Å²) < 4.78 is 7.34. The average Bonchev–Trinajstić information content (AvgIpc) is 2.82. The minimum absolute atomic E-state index is 0.303. The Hall–Kier alpha value is -2.37. The normalized spacial score (nSPS) is 16.0. The van der Waals surface area contributed by atoms with Gasteiger partial charge in [0.05, 0.1) is 17.5 Å². The number of fused-ring (bicyclic) bond motifs is 1. The van der Waals surface area contributed by atoms with E-state index in [1.165, 1.54) is 0 Å². The fourth-order valence-corrected chi connectivity index (χ4v) is 3.05. The van der Waals surface area contributed by atoms with Gasteiger partial charge in [0.25, 0.3) is 0 Å². The third-order valence-corrected chi connectivity index (χ3v) is 4.02. The number of aryl methyl sites for hydroxylation is 1. The van der Waals surface area contributed by atoms with Crippen LogP contribution in [0.1, 0.15) is 31.6 Å². The number of allylic oxidation sites excluding steroid dienone is 1. The van der Waals surface area contributed by atoms with Crippen LogP contribution in [0.5, 0.6) is 0 Å². The molecule has 2 aromatic rings. The maximum Gasteiger partial charge on any atom is 0.414 e. The highest BCUT2D eigenvalue weighted by Gasteiger charge is 2.26. The Morgan fingerprint density at radius 3 is 2.82 bits per heavy atom. The minimum Gasteiger partial charge on any atom is -0.416 e. The van der Waals surface area contributed by atoms with E-state index in [9.17, 15) is 4.79 Å². The van der Waals surface area contributed by atoms with Crippen LogP contribution in [0.4, 0.5) is 4.79 Å². The summed E-state index contributed by atoms with van der Waals surface area (Å²) in [5, 5.41) is 0. The molecule has 6 nitrogen and oxygen atoms in total. The number of rotatable bonds is 2. The summed E-state index contributed by atoms with van der Waals surface area (Å²) >= 11 is 0. The number of piperidine rings is 1. The average molecular weight is 300 g/mol. The van der Waals surface area contributed by atoms with Gasteiger partial charge in [-0.15, -0.1) is 0 Å². The van der Waals surface area contributed by atoms with Crippen LogP contribution in [0, 0.1) is 6.92 Å². The van der Waals surface area contributed by atoms with Gasteiger partial charge in [-0.1, -0.05) is 6.58 Å². The molecule has 1 fully saturated rings. The Bertz CT molecular complexity index is 714. The highest BCUT2D eigenvalue weighted by Crippen LogP contribution is 2.28. The first-order valence-electron chi connectivity index (χ1n) is 7.47. The third-order valence-electron chi connectivity index (χ3n) is 4.02. The lowest BCUT2D eigenvalue weighted by Crippen LogP contribution is -2.39. The van der Waals surface area contributed by atoms with Crippen LogP contribution in [-0.4, -0.2) is 38.6 Å². The lowest BCUT2D eigenvalue weighted by Gasteiger charge is -2.32. The van der Waals surface area contributed by atoms with Crippen molar-refractivity contribution in [3.63, 3.8) is 0 Å². The topological polar surface area (TPSA) is 60.2 Å². The molecule has 0 unspecified atom stereocenters. The lowest BCUT2D eigenvalue weighted by atomic mass is 10.0. The van der Waals surface area contributed by atoms with Crippen LogP contribution in [0.15, 0.2) is 30.8 Å². The second-order valence-corrected chi connectivity index (χ2v) is 5.68. The predicted octanol–water partition coefficient (Wildman–Crippen LogP) is 3.05. The Kier molecular flexibility index (Phi) is 3.83. The van der Waals surface area contributed by atoms with Crippen molar-refractivity contribution in [2.24, 2.45) is 0 Å². The second kappa shape index (κ2) is 5.79. The van der Waals surface area contributed by atoms with Gasteiger partial charge in [-0.05, 0) is 32.8 Å². The largest absolute Gasteiger partial charge is 0.416 e. The van der Waals surface area contributed by atoms with Crippen molar-refractivity contribution in [3.05, 3.63) is 36.6 Å². The minimum atomic E-state index is -0.303. The predicted molar refractivity (Wildman–Crippen MR) is 83.4 cm³/mol. The maximum absolute atomic E-state index is 11.9. The van der Waals surface area contributed by atoms with Crippen LogP contribution < -0.4 is 0 Å². The van der Waals surface area contributed by atoms with Gasteiger partial charge in [0.2, 0.25) is 0 Å². The Morgan fingerprint density at radius 1 is 1.41 bits per heavy atom. The van der Waals surface area contributed by atoms with E-state index in [0.717, 1.165) is 29.7 Å². The van der Waals surface area contributed by atoms with Crippen molar-refractivity contribution in [3.8, 4) is 0 Å². The summed E-state index contributed by atoms with van der Waals surface area (Å²) in [6.07, 6.45) is 5.06. The fraction of sp³-hybridized carbons (Fsp3) is 0.438. The number of likely N-dealkylation sites (tertiary alicyclic amines) is 1. The van der Waals surface area contributed by atoms with Crippen molar-refractivity contribution in [1.82, 2.24) is 19.4 Å². The molecule has 116 valence electrons. The monoisotopic (exact) mass is 300 g/mol. The zero-order valence-electron chi connectivity index (χ0n) is 13.0. The van der Waals surface area contributed by atoms with Gasteiger partial charge in [0.15, 0.2) is 0 Å². The molecule has 0 radical (unpaired) electrons. The van der Waals surface area contributed by atoms with E-state index in [1.807, 2.05) is 13.0 Å². The number of carbonyl (C=O) groups is 1. The summed E-state index contributed by atoms with van der Waals surface area (Å²) in [6, 6.07) is 2.35. The number of carbonyl (C=O) groups excluding carboxylic acids is 1.